The molecule has 0 atom stereocenters. The normalized spacial score (nSPS) is 14.6. The van der Waals surface area contributed by atoms with Crippen molar-refractivity contribution in [2.45, 2.75) is 59.0 Å². The largest absolute Gasteiger partial charge is 0.494 e. The molecule has 0 saturated carbocycles. The van der Waals surface area contributed by atoms with Crippen LogP contribution in [0.3, 0.4) is 0 Å². The average Bonchev–Trinajstić information content (AvgIpc) is 3.59. The number of fused-ring (bicyclic) bond motifs is 8. The number of nitrogens with zero attached hydrogens (tertiary/aromatic N) is 1. The summed E-state index contributed by atoms with van der Waals surface area (Å²) in [6.45, 7) is 14.2. The molecule has 0 unspecified atom stereocenters. The van der Waals surface area contributed by atoms with E-state index in [-0.39, 0.29) is 10.8 Å². The van der Waals surface area contributed by atoms with Gasteiger partial charge in [-0.2, -0.15) is 0 Å². The van der Waals surface area contributed by atoms with Gasteiger partial charge in [-0.15, -0.1) is 0 Å². The lowest BCUT2D eigenvalue weighted by Crippen LogP contribution is -2.18. The van der Waals surface area contributed by atoms with Crippen LogP contribution in [0.15, 0.2) is 163 Å². The van der Waals surface area contributed by atoms with Crippen LogP contribution in [0.2, 0.25) is 0 Å². The number of ether oxygens (including phenoxy) is 1. The summed E-state index contributed by atoms with van der Waals surface area (Å²) in [5, 5.41) is 4.90. The van der Waals surface area contributed by atoms with E-state index in [4.69, 9.17) is 4.74 Å². The molecule has 2 heteroatoms. The Kier molecular flexibility index (Phi) is 8.06. The fourth-order valence-corrected chi connectivity index (χ4v) is 9.62. The number of rotatable bonds is 7. The predicted octanol–water partition coefficient (Wildman–Crippen LogP) is 15.0. The second-order valence-corrected chi connectivity index (χ2v) is 17.1. The lowest BCUT2D eigenvalue weighted by Gasteiger charge is -2.30. The van der Waals surface area contributed by atoms with E-state index in [1.165, 1.54) is 77.2 Å². The van der Waals surface area contributed by atoms with E-state index in [0.29, 0.717) is 6.61 Å². The van der Waals surface area contributed by atoms with E-state index in [1.807, 2.05) is 6.92 Å². The monoisotopic (exact) mass is 737 g/mol. The van der Waals surface area contributed by atoms with Crippen molar-refractivity contribution in [3.63, 3.8) is 0 Å². The molecule has 10 rings (SSSR count). The van der Waals surface area contributed by atoms with E-state index in [2.05, 4.69) is 203 Å². The summed E-state index contributed by atoms with van der Waals surface area (Å²) in [5.41, 5.74) is 17.7. The number of hydrogen-bond acceptors (Lipinski definition) is 2. The van der Waals surface area contributed by atoms with Crippen LogP contribution in [0, 0.1) is 6.92 Å². The molecule has 0 amide bonds. The third kappa shape index (κ3) is 5.77. The van der Waals surface area contributed by atoms with E-state index in [9.17, 15) is 0 Å². The highest BCUT2D eigenvalue weighted by Gasteiger charge is 2.37. The van der Waals surface area contributed by atoms with Gasteiger partial charge in [-0.05, 0) is 151 Å². The quantitative estimate of drug-likeness (QED) is 0.151. The molecule has 2 nitrogen and oxygen atoms in total. The Morgan fingerprint density at radius 1 is 0.491 bits per heavy atom. The molecule has 0 aliphatic heterocycles. The van der Waals surface area contributed by atoms with Crippen LogP contribution in [-0.2, 0) is 22.2 Å². The van der Waals surface area contributed by atoms with Crippen LogP contribution < -0.4 is 4.90 Å². The zero-order valence-corrected chi connectivity index (χ0v) is 33.7. The lowest BCUT2D eigenvalue weighted by molar-refractivity contribution is 0.203. The van der Waals surface area contributed by atoms with Gasteiger partial charge in [0.25, 0.3) is 0 Å². The Bertz CT molecular complexity index is 2840. The Morgan fingerprint density at radius 2 is 0.965 bits per heavy atom. The maximum absolute atomic E-state index is 6.31. The predicted molar refractivity (Wildman–Crippen MR) is 241 cm³/mol. The Balaban J connectivity index is 1.02. The molecule has 0 heterocycles. The van der Waals surface area contributed by atoms with Gasteiger partial charge in [0.1, 0.15) is 6.61 Å². The van der Waals surface area contributed by atoms with Crippen LogP contribution in [0.1, 0.15) is 73.6 Å². The summed E-state index contributed by atoms with van der Waals surface area (Å²) in [6, 6.07) is 58.6. The number of hydrogen-bond donors (Lipinski definition) is 0. The fourth-order valence-electron chi connectivity index (χ4n) is 9.62. The van der Waals surface area contributed by atoms with Gasteiger partial charge in [-0.3, -0.25) is 0 Å². The molecule has 8 aromatic rings. The first kappa shape index (κ1) is 35.1. The number of benzene rings is 8. The molecule has 0 saturated heterocycles. The summed E-state index contributed by atoms with van der Waals surface area (Å²) < 4.78 is 6.31. The zero-order chi connectivity index (χ0) is 39.1. The first-order valence-electron chi connectivity index (χ1n) is 20.2. The van der Waals surface area contributed by atoms with Crippen molar-refractivity contribution >= 4 is 44.7 Å². The highest BCUT2D eigenvalue weighted by Crippen LogP contribution is 2.53. The van der Waals surface area contributed by atoms with Gasteiger partial charge >= 0.3 is 0 Å². The van der Waals surface area contributed by atoms with Crippen LogP contribution in [0.5, 0.6) is 0 Å². The van der Waals surface area contributed by atoms with E-state index in [0.717, 1.165) is 28.4 Å². The van der Waals surface area contributed by atoms with Gasteiger partial charge in [0.15, 0.2) is 0 Å². The molecular formula is C55H47NO. The number of anilines is 3. The molecule has 0 aromatic heterocycles. The second-order valence-electron chi connectivity index (χ2n) is 17.1. The maximum atomic E-state index is 6.31. The highest BCUT2D eigenvalue weighted by molar-refractivity contribution is 5.93. The van der Waals surface area contributed by atoms with E-state index in [1.54, 1.807) is 0 Å². The molecule has 2 aliphatic rings. The van der Waals surface area contributed by atoms with Crippen molar-refractivity contribution in [1.82, 2.24) is 0 Å². The molecule has 2 aliphatic carbocycles. The van der Waals surface area contributed by atoms with Gasteiger partial charge in [0, 0.05) is 27.9 Å². The molecule has 0 fully saturated rings. The fraction of sp³-hybridized carbons (Fsp3) is 0.164. The molecule has 0 bridgehead atoms. The minimum absolute atomic E-state index is 0.0986. The van der Waals surface area contributed by atoms with Crippen molar-refractivity contribution in [2.24, 2.45) is 0 Å². The number of allylic oxidation sites excluding steroid dienone is 1. The first-order valence-corrected chi connectivity index (χ1v) is 20.2. The van der Waals surface area contributed by atoms with Crippen molar-refractivity contribution in [3.05, 3.63) is 202 Å². The molecule has 278 valence electrons. The summed E-state index contributed by atoms with van der Waals surface area (Å²) in [5.74, 6) is 0.896. The van der Waals surface area contributed by atoms with Gasteiger partial charge in [0.2, 0.25) is 0 Å². The van der Waals surface area contributed by atoms with E-state index >= 15 is 0 Å². The summed E-state index contributed by atoms with van der Waals surface area (Å²) in [4.78, 5) is 2.46. The van der Waals surface area contributed by atoms with E-state index < -0.39 is 0 Å². The molecule has 0 N–H and O–H groups in total. The molecular weight excluding hydrogens is 691 g/mol. The van der Waals surface area contributed by atoms with Crippen molar-refractivity contribution < 1.29 is 4.74 Å². The van der Waals surface area contributed by atoms with Crippen LogP contribution in [0.4, 0.5) is 17.1 Å². The van der Waals surface area contributed by atoms with Crippen molar-refractivity contribution in [1.29, 1.82) is 0 Å². The zero-order valence-electron chi connectivity index (χ0n) is 33.7. The first-order chi connectivity index (χ1) is 27.6. The maximum Gasteiger partial charge on any atom is 0.113 e. The SMILES string of the molecule is CC(=Cc1ccc2cc(N(c3ccc4c(c3)C(C)(C)c3ccccc3-4)c3ccc4c(c3)C(C)(C)c3ccccc3-4)ccc2c1)OCc1cc2ccccc2cc1C. The molecule has 8 aromatic carbocycles. The Morgan fingerprint density at radius 3 is 1.60 bits per heavy atom. The molecule has 0 spiro atoms. The molecule has 0 radical (unpaired) electrons. The number of aryl methyl sites for hydroxylation is 1. The van der Waals surface area contributed by atoms with Gasteiger partial charge in [-0.1, -0.05) is 137 Å². The second kappa shape index (κ2) is 13.1. The minimum Gasteiger partial charge on any atom is -0.494 e. The van der Waals surface area contributed by atoms with Gasteiger partial charge in [-0.25, -0.2) is 0 Å². The third-order valence-corrected chi connectivity index (χ3v) is 12.8. The molecule has 57 heavy (non-hydrogen) atoms. The smallest absolute Gasteiger partial charge is 0.113 e. The summed E-state index contributed by atoms with van der Waals surface area (Å²) in [6.07, 6.45) is 2.14. The van der Waals surface area contributed by atoms with Crippen LogP contribution in [-0.4, -0.2) is 0 Å². The standard InChI is InChI=1S/C55H47NO/c1-35-27-38-13-7-8-14-39(38)30-42(35)34-57-36(2)28-37-19-20-41-31-43(22-21-40(41)29-37)56(44-23-25-48-46-15-9-11-17-50(46)54(3,4)52(48)32-44)45-24-26-49-47-16-10-12-18-51(47)55(5,6)53(49)33-45/h7-33H,34H2,1-6H3. The van der Waals surface area contributed by atoms with Crippen molar-refractivity contribution in [3.8, 4) is 22.3 Å². The summed E-state index contributed by atoms with van der Waals surface area (Å²) >= 11 is 0. The van der Waals surface area contributed by atoms with Crippen LogP contribution >= 0.6 is 0 Å². The van der Waals surface area contributed by atoms with Crippen molar-refractivity contribution in [2.75, 3.05) is 4.90 Å². The summed E-state index contributed by atoms with van der Waals surface area (Å²) in [7, 11) is 0. The highest BCUT2D eigenvalue weighted by atomic mass is 16.5. The Hall–Kier alpha value is -6.38. The Labute approximate surface area is 336 Å². The third-order valence-electron chi connectivity index (χ3n) is 12.8. The minimum atomic E-state index is -0.0986. The van der Waals surface area contributed by atoms with Crippen LogP contribution in [0.25, 0.3) is 49.9 Å². The topological polar surface area (TPSA) is 12.5 Å². The van der Waals surface area contributed by atoms with Gasteiger partial charge in [0.05, 0.1) is 5.76 Å². The van der Waals surface area contributed by atoms with Gasteiger partial charge < -0.3 is 9.64 Å². The average molecular weight is 738 g/mol. The lowest BCUT2D eigenvalue weighted by atomic mass is 9.82.